The fourth-order valence-corrected chi connectivity index (χ4v) is 4.91. The van der Waals surface area contributed by atoms with Crippen LogP contribution in [0.2, 0.25) is 0 Å². The molecule has 2 unspecified atom stereocenters. The molecule has 0 spiro atoms. The number of benzene rings is 1. The minimum absolute atomic E-state index is 0.252. The van der Waals surface area contributed by atoms with Crippen molar-refractivity contribution in [1.29, 1.82) is 0 Å². The standard InChI is InChI=1S/C19H28N2OS/c1-15(16-7-9-20-10-8-16)13-19(22)21-11-12-23-14-18(21)17-5-3-2-4-6-17/h2-6,15-16,18,20H,7-14H2,1H3. The summed E-state index contributed by atoms with van der Waals surface area (Å²) >= 11 is 1.96. The third-order valence-corrected chi connectivity index (χ3v) is 6.34. The molecule has 3 rings (SSSR count). The Kier molecular flexibility index (Phi) is 6.01. The van der Waals surface area contributed by atoms with Crippen molar-refractivity contribution in [2.24, 2.45) is 11.8 Å². The van der Waals surface area contributed by atoms with E-state index in [1.807, 2.05) is 17.8 Å². The fraction of sp³-hybridized carbons (Fsp3) is 0.632. The Labute approximate surface area is 144 Å². The van der Waals surface area contributed by atoms with Crippen molar-refractivity contribution in [3.8, 4) is 0 Å². The van der Waals surface area contributed by atoms with E-state index in [0.717, 1.165) is 31.1 Å². The van der Waals surface area contributed by atoms with Crippen LogP contribution in [-0.2, 0) is 4.79 Å². The van der Waals surface area contributed by atoms with Crippen LogP contribution in [0.3, 0.4) is 0 Å². The molecule has 0 saturated carbocycles. The number of piperidine rings is 1. The summed E-state index contributed by atoms with van der Waals surface area (Å²) in [7, 11) is 0. The van der Waals surface area contributed by atoms with Crippen molar-refractivity contribution in [2.75, 3.05) is 31.1 Å². The Hall–Kier alpha value is -1.00. The maximum atomic E-state index is 12.9. The second-order valence-corrected chi connectivity index (χ2v) is 8.01. The van der Waals surface area contributed by atoms with E-state index in [1.165, 1.54) is 18.4 Å². The Bertz CT molecular complexity index is 501. The van der Waals surface area contributed by atoms with Gasteiger partial charge in [-0.1, -0.05) is 37.3 Å². The second kappa shape index (κ2) is 8.20. The van der Waals surface area contributed by atoms with E-state index < -0.39 is 0 Å². The van der Waals surface area contributed by atoms with Gasteiger partial charge < -0.3 is 10.2 Å². The van der Waals surface area contributed by atoms with Crippen LogP contribution >= 0.6 is 11.8 Å². The van der Waals surface area contributed by atoms with Gasteiger partial charge in [-0.25, -0.2) is 0 Å². The highest BCUT2D eigenvalue weighted by Crippen LogP contribution is 2.32. The van der Waals surface area contributed by atoms with Crippen molar-refractivity contribution in [3.63, 3.8) is 0 Å². The van der Waals surface area contributed by atoms with E-state index in [2.05, 4.69) is 41.4 Å². The van der Waals surface area contributed by atoms with Gasteiger partial charge in [0.05, 0.1) is 6.04 Å². The van der Waals surface area contributed by atoms with Crippen LogP contribution in [0.4, 0.5) is 0 Å². The van der Waals surface area contributed by atoms with Gasteiger partial charge in [0, 0.05) is 24.5 Å². The highest BCUT2D eigenvalue weighted by atomic mass is 32.2. The largest absolute Gasteiger partial charge is 0.334 e. The van der Waals surface area contributed by atoms with Gasteiger partial charge in [-0.2, -0.15) is 11.8 Å². The lowest BCUT2D eigenvalue weighted by Gasteiger charge is -2.37. The summed E-state index contributed by atoms with van der Waals surface area (Å²) in [5, 5.41) is 3.42. The first-order valence-electron chi connectivity index (χ1n) is 8.88. The Morgan fingerprint density at radius 2 is 2.04 bits per heavy atom. The van der Waals surface area contributed by atoms with Crippen LogP contribution < -0.4 is 5.32 Å². The van der Waals surface area contributed by atoms with Crippen LogP contribution in [0.25, 0.3) is 0 Å². The molecule has 2 fully saturated rings. The molecule has 3 nitrogen and oxygen atoms in total. The molecule has 1 amide bonds. The van der Waals surface area contributed by atoms with Gasteiger partial charge in [-0.3, -0.25) is 4.79 Å². The minimum Gasteiger partial charge on any atom is -0.334 e. The molecule has 0 aromatic heterocycles. The highest BCUT2D eigenvalue weighted by molar-refractivity contribution is 7.99. The number of rotatable bonds is 4. The zero-order chi connectivity index (χ0) is 16.1. The van der Waals surface area contributed by atoms with Crippen molar-refractivity contribution in [1.82, 2.24) is 10.2 Å². The first-order chi connectivity index (χ1) is 11.3. The number of thioether (sulfide) groups is 1. The number of carbonyl (C=O) groups excluding carboxylic acids is 1. The van der Waals surface area contributed by atoms with Crippen LogP contribution in [-0.4, -0.2) is 41.9 Å². The normalized spacial score (nSPS) is 24.4. The number of hydrogen-bond donors (Lipinski definition) is 1. The molecule has 2 atom stereocenters. The SMILES string of the molecule is CC(CC(=O)N1CCSCC1c1ccccc1)C1CCNCC1. The second-order valence-electron chi connectivity index (χ2n) is 6.86. The zero-order valence-corrected chi connectivity index (χ0v) is 14.9. The molecule has 126 valence electrons. The molecule has 2 aliphatic heterocycles. The summed E-state index contributed by atoms with van der Waals surface area (Å²) < 4.78 is 0. The third kappa shape index (κ3) is 4.30. The monoisotopic (exact) mass is 332 g/mol. The first kappa shape index (κ1) is 16.8. The number of hydrogen-bond acceptors (Lipinski definition) is 3. The molecule has 0 bridgehead atoms. The van der Waals surface area contributed by atoms with Gasteiger partial charge >= 0.3 is 0 Å². The number of nitrogens with one attached hydrogen (secondary N) is 1. The maximum Gasteiger partial charge on any atom is 0.223 e. The smallest absolute Gasteiger partial charge is 0.223 e. The van der Waals surface area contributed by atoms with Gasteiger partial charge in [-0.15, -0.1) is 0 Å². The molecule has 0 radical (unpaired) electrons. The fourth-order valence-electron chi connectivity index (χ4n) is 3.83. The predicted octanol–water partition coefficient (Wildman–Crippen LogP) is 3.33. The average Bonchev–Trinajstić information content (AvgIpc) is 2.63. The van der Waals surface area contributed by atoms with Gasteiger partial charge in [0.15, 0.2) is 0 Å². The van der Waals surface area contributed by atoms with Crippen molar-refractivity contribution in [2.45, 2.75) is 32.2 Å². The minimum atomic E-state index is 0.252. The van der Waals surface area contributed by atoms with Gasteiger partial charge in [0.25, 0.3) is 0 Å². The van der Waals surface area contributed by atoms with E-state index in [9.17, 15) is 4.79 Å². The molecule has 4 heteroatoms. The molecule has 2 saturated heterocycles. The zero-order valence-electron chi connectivity index (χ0n) is 14.0. The number of amides is 1. The molecule has 23 heavy (non-hydrogen) atoms. The van der Waals surface area contributed by atoms with E-state index in [0.29, 0.717) is 24.2 Å². The quantitative estimate of drug-likeness (QED) is 0.918. The molecule has 1 N–H and O–H groups in total. The van der Waals surface area contributed by atoms with Gasteiger partial charge in [0.2, 0.25) is 5.91 Å². The Morgan fingerprint density at radius 1 is 1.30 bits per heavy atom. The maximum absolute atomic E-state index is 12.9. The van der Waals surface area contributed by atoms with E-state index in [-0.39, 0.29) is 6.04 Å². The molecule has 1 aromatic rings. The molecular weight excluding hydrogens is 304 g/mol. The van der Waals surface area contributed by atoms with Crippen LogP contribution in [0.1, 0.15) is 37.8 Å². The molecule has 0 aliphatic carbocycles. The summed E-state index contributed by atoms with van der Waals surface area (Å²) in [5.41, 5.74) is 1.28. The number of carbonyl (C=O) groups is 1. The molecule has 2 heterocycles. The Morgan fingerprint density at radius 3 is 2.78 bits per heavy atom. The first-order valence-corrected chi connectivity index (χ1v) is 10.0. The average molecular weight is 333 g/mol. The summed E-state index contributed by atoms with van der Waals surface area (Å²) in [6, 6.07) is 10.8. The van der Waals surface area contributed by atoms with Crippen LogP contribution in [0.5, 0.6) is 0 Å². The van der Waals surface area contributed by atoms with Crippen molar-refractivity contribution < 1.29 is 4.79 Å². The lowest BCUT2D eigenvalue weighted by molar-refractivity contribution is -0.134. The summed E-state index contributed by atoms with van der Waals surface area (Å²) in [4.78, 5) is 15.1. The molecule has 2 aliphatic rings. The third-order valence-electron chi connectivity index (χ3n) is 5.32. The van der Waals surface area contributed by atoms with E-state index in [4.69, 9.17) is 0 Å². The highest BCUT2D eigenvalue weighted by Gasteiger charge is 2.30. The predicted molar refractivity (Wildman–Crippen MR) is 97.6 cm³/mol. The van der Waals surface area contributed by atoms with Crippen LogP contribution in [0, 0.1) is 11.8 Å². The van der Waals surface area contributed by atoms with Gasteiger partial charge in [-0.05, 0) is 43.3 Å². The number of nitrogens with zero attached hydrogens (tertiary/aromatic N) is 1. The lowest BCUT2D eigenvalue weighted by Crippen LogP contribution is -2.42. The van der Waals surface area contributed by atoms with E-state index in [1.54, 1.807) is 0 Å². The summed E-state index contributed by atoms with van der Waals surface area (Å²) in [6.07, 6.45) is 3.14. The molecular formula is C19H28N2OS. The van der Waals surface area contributed by atoms with E-state index >= 15 is 0 Å². The van der Waals surface area contributed by atoms with Gasteiger partial charge in [0.1, 0.15) is 0 Å². The summed E-state index contributed by atoms with van der Waals surface area (Å²) in [6.45, 7) is 5.37. The molecule has 1 aromatic carbocycles. The van der Waals surface area contributed by atoms with Crippen molar-refractivity contribution >= 4 is 17.7 Å². The lowest BCUT2D eigenvalue weighted by atomic mass is 9.84. The van der Waals surface area contributed by atoms with Crippen LogP contribution in [0.15, 0.2) is 30.3 Å². The Balaban J connectivity index is 1.64. The topological polar surface area (TPSA) is 32.3 Å². The van der Waals surface area contributed by atoms with Crippen molar-refractivity contribution in [3.05, 3.63) is 35.9 Å². The summed E-state index contributed by atoms with van der Waals surface area (Å²) in [5.74, 6) is 3.64.